The largest absolute Gasteiger partial charge is 0.379 e. The maximum Gasteiger partial charge on any atom is 0.255 e. The molecule has 2 aromatic carbocycles. The second-order valence-electron chi connectivity index (χ2n) is 8.35. The fraction of sp³-hybridized carbons (Fsp3) is 0.391. The van der Waals surface area contributed by atoms with Crippen molar-refractivity contribution >= 4 is 27.5 Å². The second kappa shape index (κ2) is 10.2. The standard InChI is InChI=1S/C23H27FN4O5S/c24-19-7-6-17(14-21(19)34(31,32)28-9-11-33-12-10-28)23(30)26-18-4-1-3-16(13-18)15-27-8-2-5-20(27)22(25)29/h1,3-4,6-7,13-14,20H,2,5,8-12,15H2,(H2,25,29)(H,26,30). The van der Waals surface area contributed by atoms with Crippen LogP contribution in [0.1, 0.15) is 28.8 Å². The number of amides is 2. The van der Waals surface area contributed by atoms with Crippen molar-refractivity contribution in [2.45, 2.75) is 30.3 Å². The quantitative estimate of drug-likeness (QED) is 0.607. The molecule has 4 rings (SSSR count). The number of anilines is 1. The van der Waals surface area contributed by atoms with E-state index in [-0.39, 0.29) is 43.8 Å². The molecule has 9 nitrogen and oxygen atoms in total. The highest BCUT2D eigenvalue weighted by atomic mass is 32.2. The number of sulfonamides is 1. The minimum Gasteiger partial charge on any atom is -0.379 e. The SMILES string of the molecule is NC(=O)C1CCCN1Cc1cccc(NC(=O)c2ccc(F)c(S(=O)(=O)N3CCOCC3)c2)c1. The van der Waals surface area contributed by atoms with Gasteiger partial charge in [0.15, 0.2) is 0 Å². The molecular weight excluding hydrogens is 463 g/mol. The molecule has 2 amide bonds. The van der Waals surface area contributed by atoms with Crippen LogP contribution >= 0.6 is 0 Å². The smallest absolute Gasteiger partial charge is 0.255 e. The van der Waals surface area contributed by atoms with Gasteiger partial charge in [-0.15, -0.1) is 0 Å². The molecule has 0 saturated carbocycles. The summed E-state index contributed by atoms with van der Waals surface area (Å²) >= 11 is 0. The van der Waals surface area contributed by atoms with Crippen LogP contribution in [0.15, 0.2) is 47.4 Å². The van der Waals surface area contributed by atoms with E-state index < -0.39 is 26.6 Å². The Morgan fingerprint density at radius 2 is 1.88 bits per heavy atom. The van der Waals surface area contributed by atoms with Crippen LogP contribution in [0.4, 0.5) is 10.1 Å². The van der Waals surface area contributed by atoms with Crippen LogP contribution in [0.25, 0.3) is 0 Å². The number of halogens is 1. The molecule has 2 aliphatic heterocycles. The summed E-state index contributed by atoms with van der Waals surface area (Å²) in [7, 11) is -4.10. The molecule has 1 unspecified atom stereocenters. The van der Waals surface area contributed by atoms with Crippen molar-refractivity contribution in [3.63, 3.8) is 0 Å². The predicted octanol–water partition coefficient (Wildman–Crippen LogP) is 1.55. The van der Waals surface area contributed by atoms with Gasteiger partial charge in [0.05, 0.1) is 19.3 Å². The highest BCUT2D eigenvalue weighted by molar-refractivity contribution is 7.89. The van der Waals surface area contributed by atoms with Crippen molar-refractivity contribution in [3.05, 3.63) is 59.4 Å². The highest BCUT2D eigenvalue weighted by Gasteiger charge is 2.30. The number of morpholine rings is 1. The maximum absolute atomic E-state index is 14.4. The maximum atomic E-state index is 14.4. The molecule has 2 fully saturated rings. The van der Waals surface area contributed by atoms with Gasteiger partial charge in [0.25, 0.3) is 5.91 Å². The van der Waals surface area contributed by atoms with Crippen molar-refractivity contribution in [1.82, 2.24) is 9.21 Å². The number of likely N-dealkylation sites (tertiary alicyclic amines) is 1. The van der Waals surface area contributed by atoms with Crippen LogP contribution in [0.5, 0.6) is 0 Å². The van der Waals surface area contributed by atoms with Crippen LogP contribution in [0.3, 0.4) is 0 Å². The lowest BCUT2D eigenvalue weighted by Crippen LogP contribution is -2.41. The van der Waals surface area contributed by atoms with E-state index in [1.807, 2.05) is 11.0 Å². The average Bonchev–Trinajstić information content (AvgIpc) is 3.28. The van der Waals surface area contributed by atoms with Gasteiger partial charge >= 0.3 is 0 Å². The van der Waals surface area contributed by atoms with Crippen molar-refractivity contribution in [2.75, 3.05) is 38.2 Å². The number of carbonyl (C=O) groups is 2. The molecule has 3 N–H and O–H groups in total. The van der Waals surface area contributed by atoms with E-state index in [1.54, 1.807) is 18.2 Å². The van der Waals surface area contributed by atoms with Gasteiger partial charge in [-0.25, -0.2) is 12.8 Å². The van der Waals surface area contributed by atoms with Gasteiger partial charge < -0.3 is 15.8 Å². The first kappa shape index (κ1) is 24.3. The van der Waals surface area contributed by atoms with E-state index in [1.165, 1.54) is 6.07 Å². The van der Waals surface area contributed by atoms with E-state index in [2.05, 4.69) is 5.32 Å². The zero-order valence-electron chi connectivity index (χ0n) is 18.6. The van der Waals surface area contributed by atoms with Gasteiger partial charge in [0.1, 0.15) is 10.7 Å². The Hall–Kier alpha value is -2.86. The molecular formula is C23H27FN4O5S. The number of benzene rings is 2. The molecule has 0 spiro atoms. The molecule has 0 bridgehead atoms. The molecule has 0 radical (unpaired) electrons. The van der Waals surface area contributed by atoms with Crippen LogP contribution in [-0.4, -0.2) is 68.3 Å². The summed E-state index contributed by atoms with van der Waals surface area (Å²) in [6.45, 7) is 1.98. The minimum atomic E-state index is -4.10. The van der Waals surface area contributed by atoms with E-state index in [0.29, 0.717) is 12.2 Å². The first-order chi connectivity index (χ1) is 16.3. The number of nitrogens with zero attached hydrogens (tertiary/aromatic N) is 2. The van der Waals surface area contributed by atoms with Crippen LogP contribution in [0.2, 0.25) is 0 Å². The number of primary amides is 1. The predicted molar refractivity (Wildman–Crippen MR) is 123 cm³/mol. The van der Waals surface area contributed by atoms with Crippen LogP contribution < -0.4 is 11.1 Å². The Balaban J connectivity index is 1.49. The van der Waals surface area contributed by atoms with Crippen molar-refractivity contribution in [2.24, 2.45) is 5.73 Å². The zero-order valence-corrected chi connectivity index (χ0v) is 19.4. The molecule has 11 heteroatoms. The fourth-order valence-electron chi connectivity index (χ4n) is 4.29. The minimum absolute atomic E-state index is 0.0203. The van der Waals surface area contributed by atoms with Gasteiger partial charge in [0, 0.05) is 30.9 Å². The number of nitrogens with two attached hydrogens (primary N) is 1. The van der Waals surface area contributed by atoms with Gasteiger partial charge in [0.2, 0.25) is 15.9 Å². The number of ether oxygens (including phenoxy) is 1. The summed E-state index contributed by atoms with van der Waals surface area (Å²) in [4.78, 5) is 26.0. The van der Waals surface area contributed by atoms with Gasteiger partial charge in [-0.2, -0.15) is 4.31 Å². The highest BCUT2D eigenvalue weighted by Crippen LogP contribution is 2.24. The van der Waals surface area contributed by atoms with Gasteiger partial charge in [-0.1, -0.05) is 12.1 Å². The molecule has 0 aromatic heterocycles. The molecule has 2 saturated heterocycles. The normalized spacial score (nSPS) is 19.7. The van der Waals surface area contributed by atoms with E-state index >= 15 is 0 Å². The molecule has 182 valence electrons. The molecule has 34 heavy (non-hydrogen) atoms. The fourth-order valence-corrected chi connectivity index (χ4v) is 5.79. The third kappa shape index (κ3) is 5.27. The molecule has 2 heterocycles. The summed E-state index contributed by atoms with van der Waals surface area (Å²) in [5, 5.41) is 2.74. The summed E-state index contributed by atoms with van der Waals surface area (Å²) in [6, 6.07) is 10.1. The summed E-state index contributed by atoms with van der Waals surface area (Å²) in [5.74, 6) is -1.83. The topological polar surface area (TPSA) is 122 Å². The van der Waals surface area contributed by atoms with Crippen molar-refractivity contribution in [1.29, 1.82) is 0 Å². The number of rotatable bonds is 7. The Morgan fingerprint density at radius 1 is 1.12 bits per heavy atom. The molecule has 1 atom stereocenters. The monoisotopic (exact) mass is 490 g/mol. The van der Waals surface area contributed by atoms with Crippen LogP contribution in [-0.2, 0) is 26.1 Å². The lowest BCUT2D eigenvalue weighted by atomic mass is 10.1. The van der Waals surface area contributed by atoms with Crippen LogP contribution in [0, 0.1) is 5.82 Å². The molecule has 2 aliphatic rings. The van der Waals surface area contributed by atoms with Gasteiger partial charge in [-0.3, -0.25) is 14.5 Å². The summed E-state index contributed by atoms with van der Waals surface area (Å²) in [6.07, 6.45) is 1.62. The third-order valence-electron chi connectivity index (χ3n) is 6.04. The third-order valence-corrected chi connectivity index (χ3v) is 7.96. The van der Waals surface area contributed by atoms with Gasteiger partial charge in [-0.05, 0) is 55.3 Å². The Kier molecular flexibility index (Phi) is 7.27. The van der Waals surface area contributed by atoms with Crippen molar-refractivity contribution in [3.8, 4) is 0 Å². The number of hydrogen-bond donors (Lipinski definition) is 2. The Morgan fingerprint density at radius 3 is 2.62 bits per heavy atom. The second-order valence-corrected chi connectivity index (χ2v) is 10.3. The first-order valence-corrected chi connectivity index (χ1v) is 12.5. The number of nitrogens with one attached hydrogen (secondary N) is 1. The number of hydrogen-bond acceptors (Lipinski definition) is 6. The average molecular weight is 491 g/mol. The lowest BCUT2D eigenvalue weighted by Gasteiger charge is -2.26. The van der Waals surface area contributed by atoms with E-state index in [0.717, 1.165) is 41.4 Å². The summed E-state index contributed by atoms with van der Waals surface area (Å²) in [5.41, 5.74) is 6.90. The lowest BCUT2D eigenvalue weighted by molar-refractivity contribution is -0.122. The molecule has 2 aromatic rings. The van der Waals surface area contributed by atoms with E-state index in [9.17, 15) is 22.4 Å². The summed E-state index contributed by atoms with van der Waals surface area (Å²) < 4.78 is 46.5. The van der Waals surface area contributed by atoms with E-state index in [4.69, 9.17) is 10.5 Å². The van der Waals surface area contributed by atoms with Crippen molar-refractivity contribution < 1.29 is 27.1 Å². The molecule has 0 aliphatic carbocycles. The number of carbonyl (C=O) groups excluding carboxylic acids is 2. The zero-order chi connectivity index (χ0) is 24.3. The Labute approximate surface area is 197 Å². The Bertz CT molecular complexity index is 1180. The first-order valence-electron chi connectivity index (χ1n) is 11.1.